The van der Waals surface area contributed by atoms with Gasteiger partial charge in [-0.2, -0.15) is 0 Å². The first-order valence-electron chi connectivity index (χ1n) is 10.8. The molecule has 1 atom stereocenters. The second-order valence-corrected chi connectivity index (χ2v) is 10.2. The number of H-pyrrole nitrogens is 1. The van der Waals surface area contributed by atoms with E-state index in [-0.39, 0.29) is 23.1 Å². The second kappa shape index (κ2) is 9.15. The molecular formula is C23H24N5O5S+. The summed E-state index contributed by atoms with van der Waals surface area (Å²) in [7, 11) is -1.77. The minimum absolute atomic E-state index is 0.179. The zero-order valence-corrected chi connectivity index (χ0v) is 19.2. The molecule has 1 aliphatic carbocycles. The van der Waals surface area contributed by atoms with Gasteiger partial charge in [0.1, 0.15) is 17.5 Å². The number of allylic oxidation sites excluding steroid dienone is 1. The Balaban J connectivity index is 1.74. The summed E-state index contributed by atoms with van der Waals surface area (Å²) >= 11 is 0. The molecule has 0 unspecified atom stereocenters. The van der Waals surface area contributed by atoms with E-state index in [1.165, 1.54) is 18.2 Å². The van der Waals surface area contributed by atoms with Gasteiger partial charge in [0, 0.05) is 12.5 Å². The van der Waals surface area contributed by atoms with Crippen molar-refractivity contribution in [1.82, 2.24) is 20.9 Å². The predicted molar refractivity (Wildman–Crippen MR) is 125 cm³/mol. The first-order chi connectivity index (χ1) is 16.2. The van der Waals surface area contributed by atoms with Crippen LogP contribution < -0.4 is 26.8 Å². The van der Waals surface area contributed by atoms with Gasteiger partial charge in [-0.15, -0.1) is 0 Å². The van der Waals surface area contributed by atoms with Gasteiger partial charge >= 0.3 is 6.07 Å². The Morgan fingerprint density at radius 1 is 1.24 bits per heavy atom. The Morgan fingerprint density at radius 2 is 2.00 bits per heavy atom. The van der Waals surface area contributed by atoms with Gasteiger partial charge in [0.15, 0.2) is 9.84 Å². The molecule has 1 saturated carbocycles. The van der Waals surface area contributed by atoms with Gasteiger partial charge in [0.25, 0.3) is 17.4 Å². The van der Waals surface area contributed by atoms with Crippen LogP contribution >= 0.6 is 0 Å². The lowest BCUT2D eigenvalue weighted by molar-refractivity contribution is -0.0904. The van der Waals surface area contributed by atoms with Gasteiger partial charge in [-0.25, -0.2) is 8.42 Å². The fraction of sp³-hybridized carbons (Fsp3) is 0.304. The highest BCUT2D eigenvalue weighted by Gasteiger charge is 2.28. The van der Waals surface area contributed by atoms with E-state index in [0.29, 0.717) is 16.5 Å². The number of hydrogen-bond acceptors (Lipinski definition) is 6. The maximum Gasteiger partial charge on any atom is 0.304 e. The van der Waals surface area contributed by atoms with Gasteiger partial charge in [-0.1, -0.05) is 23.8 Å². The molecule has 1 aromatic heterocycles. The molecule has 1 fully saturated rings. The predicted octanol–water partition coefficient (Wildman–Crippen LogP) is -0.601. The summed E-state index contributed by atoms with van der Waals surface area (Å²) in [5.41, 5.74) is 0.553. The standard InChI is InChI=1S/C23H23N5O5S/c1-25-18(7-9-24)27-23(31)19-16(13-3-2-4-13)6-5-14-11-17(22(30)28-20(14)19)21(29)26-15-8-10-34(32,33)12-15/h5-8,10-11,13,15,25H,2-4,12H2,1H3,(H,26,29)(H,27,31)(H,28,30)/p+1/b18-7+/t15-/m1/s1. The molecule has 34 heavy (non-hydrogen) atoms. The van der Waals surface area contributed by atoms with Crippen molar-refractivity contribution in [3.05, 3.63) is 68.6 Å². The first kappa shape index (κ1) is 23.3. The van der Waals surface area contributed by atoms with E-state index in [9.17, 15) is 22.8 Å². The number of nitrogens with one attached hydrogen (secondary N) is 5. The molecular weight excluding hydrogens is 458 g/mol. The van der Waals surface area contributed by atoms with E-state index in [1.54, 1.807) is 13.1 Å². The van der Waals surface area contributed by atoms with Crippen molar-refractivity contribution in [2.75, 3.05) is 12.8 Å². The number of sulfone groups is 1. The van der Waals surface area contributed by atoms with Gasteiger partial charge in [-0.05, 0) is 41.9 Å². The van der Waals surface area contributed by atoms with Crippen molar-refractivity contribution in [1.29, 1.82) is 0 Å². The molecule has 176 valence electrons. The fourth-order valence-corrected chi connectivity index (χ4v) is 5.34. The molecule has 2 aromatic rings. The zero-order chi connectivity index (χ0) is 24.5. The van der Waals surface area contributed by atoms with Crippen LogP contribution in [-0.2, 0) is 9.84 Å². The normalized spacial score (nSPS) is 19.3. The van der Waals surface area contributed by atoms with Gasteiger partial charge in [-0.3, -0.25) is 14.4 Å². The topological polar surface area (TPSA) is 161 Å². The maximum absolute atomic E-state index is 13.2. The van der Waals surface area contributed by atoms with Crippen LogP contribution in [0.25, 0.3) is 10.9 Å². The molecule has 1 aliphatic heterocycles. The third-order valence-corrected chi connectivity index (χ3v) is 7.45. The average Bonchev–Trinajstić information content (AvgIpc) is 3.09. The summed E-state index contributed by atoms with van der Waals surface area (Å²) in [6.07, 6.45) is 5.55. The van der Waals surface area contributed by atoms with E-state index in [0.717, 1.165) is 30.2 Å². The molecule has 0 bridgehead atoms. The number of amides is 2. The van der Waals surface area contributed by atoms with Crippen LogP contribution in [0, 0.1) is 6.07 Å². The molecule has 1 aromatic carbocycles. The highest BCUT2D eigenvalue weighted by atomic mass is 32.2. The lowest BCUT2D eigenvalue weighted by Crippen LogP contribution is -2.38. The summed E-state index contributed by atoms with van der Waals surface area (Å²) < 4.78 is 23.2. The molecule has 2 amide bonds. The van der Waals surface area contributed by atoms with Crippen molar-refractivity contribution in [2.45, 2.75) is 31.2 Å². The van der Waals surface area contributed by atoms with E-state index < -0.39 is 33.3 Å². The summed E-state index contributed by atoms with van der Waals surface area (Å²) in [6.45, 7) is 0. The molecule has 2 aliphatic rings. The number of carbonyl (C=O) groups excluding carboxylic acids is 2. The lowest BCUT2D eigenvalue weighted by atomic mass is 9.77. The van der Waals surface area contributed by atoms with E-state index in [1.807, 2.05) is 6.07 Å². The van der Waals surface area contributed by atoms with E-state index in [2.05, 4.69) is 27.0 Å². The zero-order valence-electron chi connectivity index (χ0n) is 18.4. The molecule has 0 spiro atoms. The van der Waals surface area contributed by atoms with Crippen LogP contribution in [-0.4, -0.2) is 44.1 Å². The van der Waals surface area contributed by atoms with Crippen molar-refractivity contribution in [2.24, 2.45) is 0 Å². The summed E-state index contributed by atoms with van der Waals surface area (Å²) in [4.78, 5) is 41.5. The summed E-state index contributed by atoms with van der Waals surface area (Å²) in [5.74, 6) is -0.963. The number of rotatable bonds is 6. The van der Waals surface area contributed by atoms with Crippen molar-refractivity contribution >= 4 is 32.6 Å². The Morgan fingerprint density at radius 3 is 2.59 bits per heavy atom. The van der Waals surface area contributed by atoms with Crippen LogP contribution in [0.3, 0.4) is 0 Å². The summed E-state index contributed by atoms with van der Waals surface area (Å²) in [6, 6.07) is 6.38. The quantitative estimate of drug-likeness (QED) is 0.346. The minimum Gasteiger partial charge on any atom is -0.374 e. The minimum atomic E-state index is -3.36. The molecule has 10 nitrogen and oxygen atoms in total. The fourth-order valence-electron chi connectivity index (χ4n) is 4.10. The van der Waals surface area contributed by atoms with Crippen LogP contribution in [0.15, 0.2) is 46.4 Å². The Bertz CT molecular complexity index is 1440. The second-order valence-electron chi connectivity index (χ2n) is 8.28. The van der Waals surface area contributed by atoms with Crippen molar-refractivity contribution in [3.8, 4) is 6.07 Å². The number of aromatic nitrogens is 1. The Labute approximate surface area is 195 Å². The Hall–Kier alpha value is -3.91. The summed E-state index contributed by atoms with van der Waals surface area (Å²) in [5, 5.41) is 16.7. The van der Waals surface area contributed by atoms with Crippen molar-refractivity contribution in [3.63, 3.8) is 0 Å². The van der Waals surface area contributed by atoms with E-state index >= 15 is 0 Å². The highest BCUT2D eigenvalue weighted by Crippen LogP contribution is 2.39. The molecule has 0 radical (unpaired) electrons. The van der Waals surface area contributed by atoms with Crippen LogP contribution in [0.2, 0.25) is 0 Å². The number of carbonyl (C=O) groups is 2. The highest BCUT2D eigenvalue weighted by molar-refractivity contribution is 7.94. The molecule has 4 rings (SSSR count). The third kappa shape index (κ3) is 4.58. The van der Waals surface area contributed by atoms with Crippen LogP contribution in [0.5, 0.6) is 0 Å². The van der Waals surface area contributed by atoms with Gasteiger partial charge in [0.2, 0.25) is 0 Å². The Kier molecular flexibility index (Phi) is 6.26. The average molecular weight is 483 g/mol. The maximum atomic E-state index is 13.2. The van der Waals surface area contributed by atoms with Gasteiger partial charge in [0.05, 0.1) is 22.9 Å². The molecule has 5 N–H and O–H groups in total. The largest absolute Gasteiger partial charge is 0.374 e. The number of hydrogen-bond donors (Lipinski definition) is 5. The van der Waals surface area contributed by atoms with Crippen LogP contribution in [0.1, 0.15) is 51.5 Å². The third-order valence-electron chi connectivity index (χ3n) is 6.05. The number of aromatic amines is 1. The smallest absolute Gasteiger partial charge is 0.304 e. The first-order valence-corrected chi connectivity index (χ1v) is 12.5. The molecule has 0 saturated heterocycles. The molecule has 11 heteroatoms. The number of fused-ring (bicyclic) bond motifs is 1. The van der Waals surface area contributed by atoms with Crippen molar-refractivity contribution < 1.29 is 23.3 Å². The van der Waals surface area contributed by atoms with E-state index in [4.69, 9.17) is 5.26 Å². The molecule has 2 heterocycles. The SMILES string of the molecule is CN/C(=C\C#[NH+])NC(=O)c1c(C2CCC2)ccc2cc(C(=O)N[C@@H]3C=CS(=O)(=O)C3)c(=O)[nH]c12. The number of pyridine rings is 1. The van der Waals surface area contributed by atoms with Crippen LogP contribution in [0.4, 0.5) is 0 Å². The van der Waals surface area contributed by atoms with Gasteiger partial charge < -0.3 is 20.9 Å². The lowest BCUT2D eigenvalue weighted by Gasteiger charge is -2.28. The monoisotopic (exact) mass is 482 g/mol. The number of benzene rings is 1.